The summed E-state index contributed by atoms with van der Waals surface area (Å²) < 4.78 is 23.2. The van der Waals surface area contributed by atoms with Crippen molar-refractivity contribution in [2.75, 3.05) is 20.3 Å². The van der Waals surface area contributed by atoms with Crippen molar-refractivity contribution < 1.29 is 28.5 Å². The van der Waals surface area contributed by atoms with Crippen molar-refractivity contribution in [3.8, 4) is 17.2 Å². The molecule has 3 N–H and O–H groups in total. The summed E-state index contributed by atoms with van der Waals surface area (Å²) >= 11 is 14.8. The van der Waals surface area contributed by atoms with Gasteiger partial charge >= 0.3 is 5.97 Å². The third-order valence-corrected chi connectivity index (χ3v) is 7.37. The maximum atomic E-state index is 12.7. The molecule has 0 saturated carbocycles. The fourth-order valence-electron chi connectivity index (χ4n) is 4.30. The average molecular weight is 702 g/mol. The second kappa shape index (κ2) is 15.6. The first kappa shape index (κ1) is 32.8. The van der Waals surface area contributed by atoms with Gasteiger partial charge in [-0.05, 0) is 83.5 Å². The first-order chi connectivity index (χ1) is 21.2. The average Bonchev–Trinajstić information content (AvgIpc) is 3.00. The number of methoxy groups -OCH3 is 1. The van der Waals surface area contributed by atoms with Crippen LogP contribution >= 0.6 is 39.7 Å². The summed E-state index contributed by atoms with van der Waals surface area (Å²) in [6.07, 6.45) is 1.47. The Labute approximate surface area is 273 Å². The van der Waals surface area contributed by atoms with Crippen molar-refractivity contribution in [2.45, 2.75) is 26.5 Å². The van der Waals surface area contributed by atoms with Crippen LogP contribution in [0.1, 0.15) is 36.6 Å². The summed E-state index contributed by atoms with van der Waals surface area (Å²) in [6, 6.07) is 17.3. The van der Waals surface area contributed by atoms with Gasteiger partial charge in [-0.25, -0.2) is 10.2 Å². The van der Waals surface area contributed by atoms with Crippen LogP contribution in [-0.2, 0) is 20.9 Å². The molecule has 0 spiro atoms. The number of carbonyl (C=O) groups excluding carboxylic acids is 2. The van der Waals surface area contributed by atoms with E-state index in [4.69, 9.17) is 42.8 Å². The molecule has 1 heterocycles. The van der Waals surface area contributed by atoms with E-state index in [9.17, 15) is 9.59 Å². The van der Waals surface area contributed by atoms with Gasteiger partial charge < -0.3 is 29.6 Å². The Bertz CT molecular complexity index is 1600. The minimum absolute atomic E-state index is 0.220. The van der Waals surface area contributed by atoms with E-state index in [1.807, 2.05) is 12.1 Å². The molecule has 0 unspecified atom stereocenters. The Morgan fingerprint density at radius 2 is 1.86 bits per heavy atom. The van der Waals surface area contributed by atoms with E-state index in [0.29, 0.717) is 60.9 Å². The molecule has 0 bridgehead atoms. The number of nitrogens with zero attached hydrogens (tertiary/aromatic N) is 1. The van der Waals surface area contributed by atoms with E-state index in [2.05, 4.69) is 37.1 Å². The number of hydrogen-bond acceptors (Lipinski definition) is 8. The topological polar surface area (TPSA) is 120 Å². The molecule has 230 valence electrons. The summed E-state index contributed by atoms with van der Waals surface area (Å²) in [5.41, 5.74) is 5.62. The van der Waals surface area contributed by atoms with Crippen molar-refractivity contribution in [3.63, 3.8) is 0 Å². The van der Waals surface area contributed by atoms with Crippen LogP contribution in [0.5, 0.6) is 17.2 Å². The molecule has 1 aliphatic heterocycles. The molecule has 13 heteroatoms. The highest BCUT2D eigenvalue weighted by Crippen LogP contribution is 2.37. The van der Waals surface area contributed by atoms with Crippen LogP contribution in [-0.4, -0.2) is 43.5 Å². The van der Waals surface area contributed by atoms with Crippen LogP contribution in [0.3, 0.4) is 0 Å². The molecule has 44 heavy (non-hydrogen) atoms. The maximum Gasteiger partial charge on any atom is 0.338 e. The Morgan fingerprint density at radius 1 is 1.11 bits per heavy atom. The quantitative estimate of drug-likeness (QED) is 0.0964. The van der Waals surface area contributed by atoms with E-state index in [1.165, 1.54) is 13.3 Å². The first-order valence-electron chi connectivity index (χ1n) is 13.4. The van der Waals surface area contributed by atoms with Gasteiger partial charge in [0.25, 0.3) is 5.91 Å². The molecular weight excluding hydrogens is 672 g/mol. The molecule has 4 rings (SSSR count). The Kier molecular flexibility index (Phi) is 11.6. The molecular formula is C31H30BrClN4O6S. The van der Waals surface area contributed by atoms with E-state index < -0.39 is 17.9 Å². The van der Waals surface area contributed by atoms with Gasteiger partial charge in [0.05, 0.1) is 36.0 Å². The Morgan fingerprint density at radius 3 is 2.59 bits per heavy atom. The molecule has 0 aromatic heterocycles. The molecule has 1 atom stereocenters. The zero-order valence-electron chi connectivity index (χ0n) is 24.1. The summed E-state index contributed by atoms with van der Waals surface area (Å²) in [4.78, 5) is 25.3. The fourth-order valence-corrected chi connectivity index (χ4v) is 5.27. The summed E-state index contributed by atoms with van der Waals surface area (Å²) in [5.74, 6) is 0.431. The number of carbonyl (C=O) groups is 2. The largest absolute Gasteiger partial charge is 0.493 e. The molecule has 0 saturated heterocycles. The third kappa shape index (κ3) is 8.49. The van der Waals surface area contributed by atoms with Crippen LogP contribution in [0.2, 0.25) is 5.02 Å². The van der Waals surface area contributed by atoms with E-state index in [1.54, 1.807) is 62.4 Å². The van der Waals surface area contributed by atoms with Crippen LogP contribution in [0.25, 0.3) is 0 Å². The lowest BCUT2D eigenvalue weighted by Gasteiger charge is -2.30. The summed E-state index contributed by atoms with van der Waals surface area (Å²) in [6.45, 7) is 3.69. The molecule has 3 aromatic carbocycles. The van der Waals surface area contributed by atoms with Gasteiger partial charge in [0, 0.05) is 16.3 Å². The number of hydrogen-bond donors (Lipinski definition) is 3. The fraction of sp³-hybridized carbons (Fsp3) is 0.226. The zero-order valence-corrected chi connectivity index (χ0v) is 27.3. The highest BCUT2D eigenvalue weighted by atomic mass is 79.9. The molecule has 0 fully saturated rings. The second-order valence-corrected chi connectivity index (χ2v) is 11.1. The van der Waals surface area contributed by atoms with Gasteiger partial charge in [-0.3, -0.25) is 4.79 Å². The minimum Gasteiger partial charge on any atom is -0.493 e. The van der Waals surface area contributed by atoms with Crippen molar-refractivity contribution in [1.82, 2.24) is 16.1 Å². The van der Waals surface area contributed by atoms with Gasteiger partial charge in [0.2, 0.25) is 0 Å². The zero-order chi connectivity index (χ0) is 31.6. The molecule has 1 amide bonds. The van der Waals surface area contributed by atoms with Gasteiger partial charge in [-0.15, -0.1) is 0 Å². The van der Waals surface area contributed by atoms with Crippen LogP contribution in [0.4, 0.5) is 0 Å². The van der Waals surface area contributed by atoms with Crippen molar-refractivity contribution in [1.29, 1.82) is 0 Å². The van der Waals surface area contributed by atoms with Crippen LogP contribution in [0, 0.1) is 0 Å². The number of halogens is 2. The molecule has 3 aromatic rings. The van der Waals surface area contributed by atoms with Crippen LogP contribution < -0.4 is 30.3 Å². The van der Waals surface area contributed by atoms with Gasteiger partial charge in [0.15, 0.2) is 23.2 Å². The number of hydrazone groups is 1. The molecule has 0 radical (unpaired) electrons. The Hall–Kier alpha value is -4.13. The number of esters is 1. The number of para-hydroxylation sites is 1. The molecule has 1 aliphatic rings. The van der Waals surface area contributed by atoms with Crippen molar-refractivity contribution >= 4 is 63.0 Å². The van der Waals surface area contributed by atoms with Gasteiger partial charge in [-0.1, -0.05) is 41.9 Å². The number of rotatable bonds is 12. The number of nitrogens with one attached hydrogen (secondary N) is 3. The lowest BCUT2D eigenvalue weighted by molar-refractivity contribution is -0.139. The normalized spacial score (nSPS) is 14.5. The SMILES string of the molecule is CCOC(=O)C1=C(C)NC(=S)N[C@@H]1c1ccccc1OCC(=O)NN=Cc1cc(Br)c(OCc2ccc(Cl)cc2)c(OC)c1. The van der Waals surface area contributed by atoms with Crippen LogP contribution in [0.15, 0.2) is 81.5 Å². The lowest BCUT2D eigenvalue weighted by Crippen LogP contribution is -2.45. The van der Waals surface area contributed by atoms with Crippen molar-refractivity contribution in [2.24, 2.45) is 5.10 Å². The lowest BCUT2D eigenvalue weighted by atomic mass is 9.95. The predicted octanol–water partition coefficient (Wildman–Crippen LogP) is 5.58. The highest BCUT2D eigenvalue weighted by molar-refractivity contribution is 9.10. The van der Waals surface area contributed by atoms with Gasteiger partial charge in [0.1, 0.15) is 12.4 Å². The smallest absolute Gasteiger partial charge is 0.338 e. The number of benzene rings is 3. The van der Waals surface area contributed by atoms with Crippen molar-refractivity contribution in [3.05, 3.63) is 98.1 Å². The number of amides is 1. The van der Waals surface area contributed by atoms with E-state index in [-0.39, 0.29) is 13.2 Å². The standard InChI is InChI=1S/C31H30BrClN4O6S/c1-4-41-30(39)27-18(2)35-31(44)36-28(27)22-7-5-6-8-24(22)42-17-26(38)37-34-15-20-13-23(32)29(25(14-20)40-3)43-16-19-9-11-21(33)12-10-19/h5-15,28H,4,16-17H2,1-3H3,(H,37,38)(H2,35,36,44)/t28-/m1/s1. The van der Waals surface area contributed by atoms with Gasteiger partial charge in [-0.2, -0.15) is 5.10 Å². The van der Waals surface area contributed by atoms with E-state index in [0.717, 1.165) is 5.56 Å². The number of thiocarbonyl (C=S) groups is 1. The summed E-state index contributed by atoms with van der Waals surface area (Å²) in [7, 11) is 1.54. The van der Waals surface area contributed by atoms with E-state index >= 15 is 0 Å². The molecule has 0 aliphatic carbocycles. The first-order valence-corrected chi connectivity index (χ1v) is 15.0. The predicted molar refractivity (Wildman–Crippen MR) is 175 cm³/mol. The highest BCUT2D eigenvalue weighted by Gasteiger charge is 2.32. The second-order valence-electron chi connectivity index (χ2n) is 9.36. The minimum atomic E-state index is -0.633. The maximum absolute atomic E-state index is 12.7. The monoisotopic (exact) mass is 700 g/mol. The summed E-state index contributed by atoms with van der Waals surface area (Å²) in [5, 5.41) is 11.1. The Balaban J connectivity index is 1.39. The third-order valence-electron chi connectivity index (χ3n) is 6.30. The number of allylic oxidation sites excluding steroid dienone is 1. The molecule has 10 nitrogen and oxygen atoms in total. The number of ether oxygens (including phenoxy) is 4.